The summed E-state index contributed by atoms with van der Waals surface area (Å²) >= 11 is 0. The second kappa shape index (κ2) is 16.7. The molecule has 0 fully saturated rings. The average Bonchev–Trinajstić information content (AvgIpc) is 3.99. The van der Waals surface area contributed by atoms with Crippen molar-refractivity contribution in [1.29, 1.82) is 0 Å². The lowest BCUT2D eigenvalue weighted by Gasteiger charge is -2.28. The van der Waals surface area contributed by atoms with Crippen molar-refractivity contribution < 1.29 is 4.42 Å². The predicted octanol–water partition coefficient (Wildman–Crippen LogP) is 19.1. The Labute approximate surface area is 411 Å². The number of para-hydroxylation sites is 4. The van der Waals surface area contributed by atoms with Crippen LogP contribution < -0.4 is 4.90 Å². The molecule has 0 spiro atoms. The van der Waals surface area contributed by atoms with Crippen LogP contribution in [-0.2, 0) is 0 Å². The van der Waals surface area contributed by atoms with Gasteiger partial charge in [0.2, 0.25) is 0 Å². The first-order chi connectivity index (χ1) is 35.2. The quantitative estimate of drug-likeness (QED) is 0.142. The van der Waals surface area contributed by atoms with Crippen molar-refractivity contribution in [2.75, 3.05) is 4.90 Å². The molecule has 0 saturated heterocycles. The molecule has 2 heterocycles. The highest BCUT2D eigenvalue weighted by Crippen LogP contribution is 2.44. The van der Waals surface area contributed by atoms with E-state index in [9.17, 15) is 0 Å². The molecule has 14 rings (SSSR count). The van der Waals surface area contributed by atoms with Crippen LogP contribution in [0.25, 0.3) is 115 Å². The lowest BCUT2D eigenvalue weighted by Crippen LogP contribution is -2.11. The Balaban J connectivity index is 0.861. The van der Waals surface area contributed by atoms with E-state index in [1.165, 1.54) is 54.5 Å². The Bertz CT molecular complexity index is 4310. The number of benzene rings is 12. The van der Waals surface area contributed by atoms with E-state index in [1.54, 1.807) is 0 Å². The van der Waals surface area contributed by atoms with Gasteiger partial charge in [0.1, 0.15) is 11.2 Å². The fourth-order valence-electron chi connectivity index (χ4n) is 11.0. The Hall–Kier alpha value is -9.44. The molecule has 0 atom stereocenters. The maximum atomic E-state index is 6.37. The molecule has 2 aromatic heterocycles. The first kappa shape index (κ1) is 40.6. The summed E-state index contributed by atoms with van der Waals surface area (Å²) in [6, 6.07) is 96.8. The van der Waals surface area contributed by atoms with Crippen LogP contribution in [0, 0.1) is 0 Å². The van der Waals surface area contributed by atoms with E-state index >= 15 is 0 Å². The summed E-state index contributed by atoms with van der Waals surface area (Å²) in [5.74, 6) is 0. The van der Waals surface area contributed by atoms with Gasteiger partial charge in [-0.15, -0.1) is 0 Å². The van der Waals surface area contributed by atoms with Gasteiger partial charge in [-0.05, 0) is 145 Å². The zero-order chi connectivity index (χ0) is 46.8. The van der Waals surface area contributed by atoms with Crippen LogP contribution in [0.2, 0.25) is 0 Å². The smallest absolute Gasteiger partial charge is 0.136 e. The third-order valence-corrected chi connectivity index (χ3v) is 14.4. The molecule has 3 nitrogen and oxygen atoms in total. The zero-order valence-electron chi connectivity index (χ0n) is 38.7. The summed E-state index contributed by atoms with van der Waals surface area (Å²) in [5, 5.41) is 9.77. The minimum atomic E-state index is 0.885. The highest BCUT2D eigenvalue weighted by atomic mass is 16.3. The van der Waals surface area contributed by atoms with E-state index in [0.29, 0.717) is 0 Å². The predicted molar refractivity (Wildman–Crippen MR) is 299 cm³/mol. The highest BCUT2D eigenvalue weighted by molar-refractivity contribution is 6.10. The van der Waals surface area contributed by atoms with E-state index in [-0.39, 0.29) is 0 Å². The van der Waals surface area contributed by atoms with Crippen LogP contribution in [-0.4, -0.2) is 4.57 Å². The lowest BCUT2D eigenvalue weighted by molar-refractivity contribution is 0.669. The molecule has 0 N–H and O–H groups in total. The minimum absolute atomic E-state index is 0.885. The molecule has 0 unspecified atom stereocenters. The Morgan fingerprint density at radius 3 is 1.65 bits per heavy atom. The van der Waals surface area contributed by atoms with Gasteiger partial charge in [0.05, 0.1) is 16.7 Å². The summed E-state index contributed by atoms with van der Waals surface area (Å²) in [4.78, 5) is 2.41. The van der Waals surface area contributed by atoms with Crippen molar-refractivity contribution in [2.24, 2.45) is 0 Å². The monoisotopic (exact) mass is 904 g/mol. The number of hydrogen-bond acceptors (Lipinski definition) is 2. The number of fused-ring (bicyclic) bond motifs is 9. The van der Waals surface area contributed by atoms with Crippen LogP contribution in [0.1, 0.15) is 0 Å². The van der Waals surface area contributed by atoms with Crippen molar-refractivity contribution in [3.8, 4) is 50.2 Å². The summed E-state index contributed by atoms with van der Waals surface area (Å²) in [6.07, 6.45) is 0. The van der Waals surface area contributed by atoms with Crippen LogP contribution >= 0.6 is 0 Å². The molecular formula is C68H44N2O. The number of nitrogens with zero attached hydrogens (tertiary/aromatic N) is 2. The number of rotatable bonds is 8. The van der Waals surface area contributed by atoms with Crippen molar-refractivity contribution in [3.63, 3.8) is 0 Å². The van der Waals surface area contributed by atoms with Gasteiger partial charge in [-0.25, -0.2) is 0 Å². The van der Waals surface area contributed by atoms with Crippen molar-refractivity contribution in [3.05, 3.63) is 267 Å². The van der Waals surface area contributed by atoms with Crippen LogP contribution in [0.4, 0.5) is 17.1 Å². The number of furan rings is 1. The second-order valence-corrected chi connectivity index (χ2v) is 18.5. The lowest BCUT2D eigenvalue weighted by atomic mass is 9.95. The first-order valence-electron chi connectivity index (χ1n) is 24.3. The third-order valence-electron chi connectivity index (χ3n) is 14.4. The number of anilines is 3. The van der Waals surface area contributed by atoms with Crippen molar-refractivity contribution >= 4 is 82.4 Å². The topological polar surface area (TPSA) is 21.3 Å². The summed E-state index contributed by atoms with van der Waals surface area (Å²) in [5.41, 5.74) is 17.7. The number of aromatic nitrogens is 1. The molecule has 14 aromatic rings. The largest absolute Gasteiger partial charge is 0.456 e. The maximum absolute atomic E-state index is 6.37. The Morgan fingerprint density at radius 2 is 0.831 bits per heavy atom. The van der Waals surface area contributed by atoms with Crippen LogP contribution in [0.15, 0.2) is 271 Å². The molecule has 0 aliphatic rings. The third kappa shape index (κ3) is 6.97. The molecule has 3 heteroatoms. The van der Waals surface area contributed by atoms with E-state index in [2.05, 4.69) is 264 Å². The molecule has 0 aliphatic heterocycles. The van der Waals surface area contributed by atoms with Gasteiger partial charge in [0.25, 0.3) is 0 Å². The molecule has 12 aromatic carbocycles. The summed E-state index contributed by atoms with van der Waals surface area (Å²) in [6.45, 7) is 0. The van der Waals surface area contributed by atoms with Crippen molar-refractivity contribution in [1.82, 2.24) is 4.57 Å². The summed E-state index contributed by atoms with van der Waals surface area (Å²) < 4.78 is 8.75. The van der Waals surface area contributed by atoms with Gasteiger partial charge in [0.15, 0.2) is 0 Å². The number of hydrogen-bond donors (Lipinski definition) is 0. The average molecular weight is 905 g/mol. The van der Waals surface area contributed by atoms with E-state index in [0.717, 1.165) is 78.1 Å². The highest BCUT2D eigenvalue weighted by Gasteiger charge is 2.20. The molecule has 0 amide bonds. The van der Waals surface area contributed by atoms with E-state index in [1.807, 2.05) is 12.1 Å². The molecule has 0 saturated carbocycles. The van der Waals surface area contributed by atoms with Gasteiger partial charge < -0.3 is 13.9 Å². The molecule has 332 valence electrons. The van der Waals surface area contributed by atoms with Gasteiger partial charge in [0, 0.05) is 44.2 Å². The van der Waals surface area contributed by atoms with Crippen LogP contribution in [0.5, 0.6) is 0 Å². The van der Waals surface area contributed by atoms with Gasteiger partial charge in [-0.1, -0.05) is 182 Å². The van der Waals surface area contributed by atoms with Crippen molar-refractivity contribution in [2.45, 2.75) is 0 Å². The normalized spacial score (nSPS) is 11.7. The van der Waals surface area contributed by atoms with Gasteiger partial charge in [-0.2, -0.15) is 0 Å². The van der Waals surface area contributed by atoms with Gasteiger partial charge >= 0.3 is 0 Å². The first-order valence-corrected chi connectivity index (χ1v) is 24.3. The zero-order valence-corrected chi connectivity index (χ0v) is 38.7. The van der Waals surface area contributed by atoms with Crippen LogP contribution in [0.3, 0.4) is 0 Å². The minimum Gasteiger partial charge on any atom is -0.456 e. The van der Waals surface area contributed by atoms with Gasteiger partial charge in [-0.3, -0.25) is 0 Å². The molecule has 0 bridgehead atoms. The summed E-state index contributed by atoms with van der Waals surface area (Å²) in [7, 11) is 0. The molecule has 0 aliphatic carbocycles. The maximum Gasteiger partial charge on any atom is 0.136 e. The second-order valence-electron chi connectivity index (χ2n) is 18.5. The fourth-order valence-corrected chi connectivity index (χ4v) is 11.0. The standard InChI is InChI=1S/C68H44N2O/c1-2-21-57-46(14-1)30-31-52-41-53(35-38-58(52)57)59-22-3-7-26-64(59)69(55-19-12-18-50(42-55)51-34-39-63-62-25-6-10-29-67(62)71-68(63)44-51)54-36-32-45(33-37-54)47-15-11-16-48(40-47)49-17-13-20-56(43-49)70-65-27-8-4-23-60(65)61-24-5-9-28-66(61)70/h1-44H. The Kier molecular flexibility index (Phi) is 9.53. The van der Waals surface area contributed by atoms with E-state index in [4.69, 9.17) is 4.42 Å². The molecule has 71 heavy (non-hydrogen) atoms. The SMILES string of the molecule is c1cc(-c2ccc(N(c3cccc(-c4ccc5c(c4)oc4ccccc45)c3)c3ccccc3-c3ccc4c(ccc5ccccc54)c3)cc2)cc(-c2cccc(-n3c4ccccc4c4ccccc43)c2)c1. The fraction of sp³-hybridized carbons (Fsp3) is 0. The van der Waals surface area contributed by atoms with E-state index < -0.39 is 0 Å². The molecule has 0 radical (unpaired) electrons. The molecular weight excluding hydrogens is 861 g/mol. The Morgan fingerprint density at radius 1 is 0.282 bits per heavy atom.